The summed E-state index contributed by atoms with van der Waals surface area (Å²) < 4.78 is 6.33. The zero-order valence-corrected chi connectivity index (χ0v) is 15.2. The van der Waals surface area contributed by atoms with Gasteiger partial charge in [0.25, 0.3) is 5.91 Å². The van der Waals surface area contributed by atoms with Crippen molar-refractivity contribution >= 4 is 33.3 Å². The molecular weight excluding hydrogens is 338 g/mol. The normalized spacial score (nSPS) is 25.4. The molecule has 25 heavy (non-hydrogen) atoms. The molecule has 1 aliphatic heterocycles. The highest BCUT2D eigenvalue weighted by atomic mass is 32.1. The monoisotopic (exact) mass is 359 g/mol. The van der Waals surface area contributed by atoms with Crippen LogP contribution in [0.3, 0.4) is 0 Å². The number of carboxylic acid groups (broad SMARTS) is 1. The molecule has 1 amide bonds. The second-order valence-corrected chi connectivity index (χ2v) is 8.21. The van der Waals surface area contributed by atoms with E-state index >= 15 is 0 Å². The number of aliphatic carboxylic acids is 1. The standard InChI is InChI=1S/C19H21NO4S/c1-11-14-8-13(24-2)5-6-15(14)25-16(11)17(21)20-9-12-4-3-7-19(12,10-20)18(22)23/h5-6,8,12H,3-4,7,9-10H2,1-2H3,(H,22,23)/t12-,19+/m0/s1. The summed E-state index contributed by atoms with van der Waals surface area (Å²) in [5, 5.41) is 10.7. The molecule has 1 aromatic carbocycles. The van der Waals surface area contributed by atoms with Gasteiger partial charge in [-0.1, -0.05) is 6.42 Å². The topological polar surface area (TPSA) is 66.8 Å². The van der Waals surface area contributed by atoms with Crippen LogP contribution in [-0.2, 0) is 4.79 Å². The zero-order valence-electron chi connectivity index (χ0n) is 14.4. The lowest BCUT2D eigenvalue weighted by Gasteiger charge is -2.23. The number of ether oxygens (including phenoxy) is 1. The van der Waals surface area contributed by atoms with E-state index in [9.17, 15) is 14.7 Å². The van der Waals surface area contributed by atoms with Crippen molar-refractivity contribution in [3.63, 3.8) is 0 Å². The predicted molar refractivity (Wildman–Crippen MR) is 96.4 cm³/mol. The minimum atomic E-state index is -0.747. The first kappa shape index (κ1) is 16.4. The van der Waals surface area contributed by atoms with Gasteiger partial charge in [-0.3, -0.25) is 9.59 Å². The first-order chi connectivity index (χ1) is 12.0. The number of carbonyl (C=O) groups excluding carboxylic acids is 1. The van der Waals surface area contributed by atoms with E-state index in [0.29, 0.717) is 24.4 Å². The SMILES string of the molecule is COc1ccc2sc(C(=O)N3C[C@@H]4CCC[C@@]4(C(=O)O)C3)c(C)c2c1. The lowest BCUT2D eigenvalue weighted by Crippen LogP contribution is -2.37. The lowest BCUT2D eigenvalue weighted by atomic mass is 9.81. The second-order valence-electron chi connectivity index (χ2n) is 7.15. The van der Waals surface area contributed by atoms with Crippen molar-refractivity contribution in [2.24, 2.45) is 11.3 Å². The van der Waals surface area contributed by atoms with E-state index in [1.165, 1.54) is 11.3 Å². The highest BCUT2D eigenvalue weighted by molar-refractivity contribution is 7.21. The summed E-state index contributed by atoms with van der Waals surface area (Å²) >= 11 is 1.48. The molecule has 2 aliphatic rings. The number of hydrogen-bond donors (Lipinski definition) is 1. The molecule has 2 atom stereocenters. The molecule has 1 saturated heterocycles. The Bertz CT molecular complexity index is 874. The van der Waals surface area contributed by atoms with Gasteiger partial charge in [0.05, 0.1) is 17.4 Å². The number of thiophene rings is 1. The Morgan fingerprint density at radius 3 is 2.88 bits per heavy atom. The van der Waals surface area contributed by atoms with Crippen molar-refractivity contribution in [1.29, 1.82) is 0 Å². The average molecular weight is 359 g/mol. The van der Waals surface area contributed by atoms with Crippen LogP contribution in [0, 0.1) is 18.3 Å². The van der Waals surface area contributed by atoms with Gasteiger partial charge in [0.1, 0.15) is 5.75 Å². The molecule has 2 aromatic rings. The van der Waals surface area contributed by atoms with Gasteiger partial charge in [-0.25, -0.2) is 0 Å². The van der Waals surface area contributed by atoms with Crippen LogP contribution in [0.2, 0.25) is 0 Å². The maximum absolute atomic E-state index is 13.1. The molecule has 0 bridgehead atoms. The van der Waals surface area contributed by atoms with E-state index in [4.69, 9.17) is 4.74 Å². The summed E-state index contributed by atoms with van der Waals surface area (Å²) in [5.74, 6) is 0.0763. The minimum absolute atomic E-state index is 0.0345. The summed E-state index contributed by atoms with van der Waals surface area (Å²) in [6.07, 6.45) is 2.53. The number of nitrogens with zero attached hydrogens (tertiary/aromatic N) is 1. The third-order valence-electron chi connectivity index (χ3n) is 5.92. The Morgan fingerprint density at radius 2 is 2.20 bits per heavy atom. The van der Waals surface area contributed by atoms with E-state index in [0.717, 1.165) is 34.2 Å². The van der Waals surface area contributed by atoms with Crippen molar-refractivity contribution in [3.8, 4) is 5.75 Å². The third-order valence-corrected chi connectivity index (χ3v) is 7.18. The van der Waals surface area contributed by atoms with Crippen LogP contribution in [0.4, 0.5) is 0 Å². The second kappa shape index (κ2) is 5.73. The van der Waals surface area contributed by atoms with E-state index < -0.39 is 11.4 Å². The predicted octanol–water partition coefficient (Wildman–Crippen LogP) is 3.55. The highest BCUT2D eigenvalue weighted by Gasteiger charge is 2.56. The maximum atomic E-state index is 13.1. The van der Waals surface area contributed by atoms with Crippen LogP contribution in [0.1, 0.15) is 34.5 Å². The van der Waals surface area contributed by atoms with Gasteiger partial charge < -0.3 is 14.7 Å². The van der Waals surface area contributed by atoms with E-state index in [1.54, 1.807) is 12.0 Å². The van der Waals surface area contributed by atoms with Crippen molar-refractivity contribution in [2.75, 3.05) is 20.2 Å². The van der Waals surface area contributed by atoms with Gasteiger partial charge in [0, 0.05) is 17.8 Å². The average Bonchev–Trinajstić information content (AvgIpc) is 3.25. The van der Waals surface area contributed by atoms with Crippen molar-refractivity contribution in [3.05, 3.63) is 28.6 Å². The molecule has 4 rings (SSSR count). The maximum Gasteiger partial charge on any atom is 0.311 e. The molecule has 132 valence electrons. The lowest BCUT2D eigenvalue weighted by molar-refractivity contribution is -0.149. The number of aryl methyl sites for hydroxylation is 1. The molecule has 0 radical (unpaired) electrons. The first-order valence-corrected chi connectivity index (χ1v) is 9.38. The smallest absolute Gasteiger partial charge is 0.311 e. The molecule has 0 spiro atoms. The number of fused-ring (bicyclic) bond motifs is 2. The summed E-state index contributed by atoms with van der Waals surface area (Å²) in [6.45, 7) is 2.85. The Morgan fingerprint density at radius 1 is 1.40 bits per heavy atom. The fraction of sp³-hybridized carbons (Fsp3) is 0.474. The molecule has 5 nitrogen and oxygen atoms in total. The van der Waals surface area contributed by atoms with Gasteiger partial charge in [0.15, 0.2) is 0 Å². The van der Waals surface area contributed by atoms with Gasteiger partial charge >= 0.3 is 5.97 Å². The number of carbonyl (C=O) groups is 2. The van der Waals surface area contributed by atoms with E-state index in [1.807, 2.05) is 25.1 Å². The highest BCUT2D eigenvalue weighted by Crippen LogP contribution is 2.49. The van der Waals surface area contributed by atoms with Crippen molar-refractivity contribution in [2.45, 2.75) is 26.2 Å². The van der Waals surface area contributed by atoms with Gasteiger partial charge in [0.2, 0.25) is 0 Å². The number of carboxylic acids is 1. The largest absolute Gasteiger partial charge is 0.497 e. The van der Waals surface area contributed by atoms with Crippen LogP contribution in [0.5, 0.6) is 5.75 Å². The van der Waals surface area contributed by atoms with Crippen LogP contribution in [-0.4, -0.2) is 42.1 Å². The molecule has 1 N–H and O–H groups in total. The summed E-state index contributed by atoms with van der Waals surface area (Å²) in [6, 6.07) is 5.82. The van der Waals surface area contributed by atoms with E-state index in [-0.39, 0.29) is 11.8 Å². The molecular formula is C19H21NO4S. The molecule has 1 aromatic heterocycles. The zero-order chi connectivity index (χ0) is 17.8. The van der Waals surface area contributed by atoms with Gasteiger partial charge in [-0.15, -0.1) is 11.3 Å². The molecule has 2 heterocycles. The number of rotatable bonds is 3. The summed E-state index contributed by atoms with van der Waals surface area (Å²) in [4.78, 5) is 27.4. The van der Waals surface area contributed by atoms with Gasteiger partial charge in [-0.2, -0.15) is 0 Å². The quantitative estimate of drug-likeness (QED) is 0.910. The number of hydrogen-bond acceptors (Lipinski definition) is 4. The Labute approximate surface area is 150 Å². The Kier molecular flexibility index (Phi) is 3.76. The minimum Gasteiger partial charge on any atom is -0.497 e. The number of methoxy groups -OCH3 is 1. The molecule has 2 fully saturated rings. The van der Waals surface area contributed by atoms with Gasteiger partial charge in [-0.05, 0) is 54.8 Å². The third kappa shape index (κ3) is 2.34. The molecule has 0 unspecified atom stereocenters. The fourth-order valence-corrected chi connectivity index (χ4v) is 5.63. The number of benzene rings is 1. The van der Waals surface area contributed by atoms with Crippen molar-refractivity contribution in [1.82, 2.24) is 4.90 Å². The Balaban J connectivity index is 1.67. The Hall–Kier alpha value is -2.08. The molecule has 6 heteroatoms. The van der Waals surface area contributed by atoms with Crippen LogP contribution in [0.15, 0.2) is 18.2 Å². The van der Waals surface area contributed by atoms with Crippen LogP contribution < -0.4 is 4.74 Å². The summed E-state index contributed by atoms with van der Waals surface area (Å²) in [7, 11) is 1.63. The number of likely N-dealkylation sites (tertiary alicyclic amines) is 1. The number of amides is 1. The summed E-state index contributed by atoms with van der Waals surface area (Å²) in [5.41, 5.74) is 0.217. The molecule has 1 saturated carbocycles. The van der Waals surface area contributed by atoms with Crippen LogP contribution in [0.25, 0.3) is 10.1 Å². The van der Waals surface area contributed by atoms with E-state index in [2.05, 4.69) is 0 Å². The molecule has 1 aliphatic carbocycles. The van der Waals surface area contributed by atoms with Crippen LogP contribution >= 0.6 is 11.3 Å². The fourth-order valence-electron chi connectivity index (χ4n) is 4.47. The first-order valence-electron chi connectivity index (χ1n) is 8.56. The van der Waals surface area contributed by atoms with Crippen molar-refractivity contribution < 1.29 is 19.4 Å².